The van der Waals surface area contributed by atoms with Crippen LogP contribution in [0.15, 0.2) is 28.9 Å². The average Bonchev–Trinajstić information content (AvgIpc) is 2.70. The molecule has 0 saturated heterocycles. The van der Waals surface area contributed by atoms with Crippen LogP contribution >= 0.6 is 27.5 Å². The maximum absolute atomic E-state index is 13.3. The fourth-order valence-corrected chi connectivity index (χ4v) is 2.78. The van der Waals surface area contributed by atoms with Crippen LogP contribution in [0.3, 0.4) is 0 Å². The first-order valence-corrected chi connectivity index (χ1v) is 7.07. The quantitative estimate of drug-likeness (QED) is 0.915. The molecule has 0 amide bonds. The Morgan fingerprint density at radius 3 is 2.79 bits per heavy atom. The van der Waals surface area contributed by atoms with E-state index in [-0.39, 0.29) is 11.1 Å². The summed E-state index contributed by atoms with van der Waals surface area (Å²) in [5.74, 6) is -0.412. The molecule has 2 aromatic rings. The third kappa shape index (κ3) is 2.99. The van der Waals surface area contributed by atoms with Gasteiger partial charge in [0, 0.05) is 7.05 Å². The SMILES string of the molecule is CCNC(c1ccc(F)c(Cl)c1)c1c(Br)cnn1C. The minimum atomic E-state index is -0.412. The van der Waals surface area contributed by atoms with Crippen molar-refractivity contribution in [2.24, 2.45) is 7.05 Å². The van der Waals surface area contributed by atoms with E-state index in [2.05, 4.69) is 26.3 Å². The number of halogens is 3. The van der Waals surface area contributed by atoms with Gasteiger partial charge in [-0.25, -0.2) is 4.39 Å². The maximum atomic E-state index is 13.3. The number of aryl methyl sites for hydroxylation is 1. The lowest BCUT2D eigenvalue weighted by molar-refractivity contribution is 0.568. The van der Waals surface area contributed by atoms with Gasteiger partial charge in [-0.05, 0) is 40.2 Å². The summed E-state index contributed by atoms with van der Waals surface area (Å²) in [4.78, 5) is 0. The number of hydrogen-bond acceptors (Lipinski definition) is 2. The van der Waals surface area contributed by atoms with Crippen LogP contribution in [-0.2, 0) is 7.05 Å². The highest BCUT2D eigenvalue weighted by Crippen LogP contribution is 2.30. The highest BCUT2D eigenvalue weighted by molar-refractivity contribution is 9.10. The Labute approximate surface area is 124 Å². The molecule has 0 aliphatic heterocycles. The van der Waals surface area contributed by atoms with Gasteiger partial charge in [0.2, 0.25) is 0 Å². The first kappa shape index (κ1) is 14.5. The Kier molecular flexibility index (Phi) is 4.60. The van der Waals surface area contributed by atoms with E-state index in [0.29, 0.717) is 0 Å². The third-order valence-electron chi connectivity index (χ3n) is 2.90. The molecule has 1 heterocycles. The fourth-order valence-electron chi connectivity index (χ4n) is 2.01. The summed E-state index contributed by atoms with van der Waals surface area (Å²) < 4.78 is 16.0. The Morgan fingerprint density at radius 1 is 1.53 bits per heavy atom. The van der Waals surface area contributed by atoms with Crippen LogP contribution in [-0.4, -0.2) is 16.3 Å². The molecule has 2 rings (SSSR count). The minimum Gasteiger partial charge on any atom is -0.305 e. The predicted octanol–water partition coefficient (Wildman–Crippen LogP) is 3.67. The maximum Gasteiger partial charge on any atom is 0.141 e. The molecule has 102 valence electrons. The molecule has 0 bridgehead atoms. The van der Waals surface area contributed by atoms with Crippen molar-refractivity contribution in [3.63, 3.8) is 0 Å². The van der Waals surface area contributed by atoms with Crippen molar-refractivity contribution < 1.29 is 4.39 Å². The molecule has 6 heteroatoms. The summed E-state index contributed by atoms with van der Waals surface area (Å²) in [6.07, 6.45) is 1.74. The van der Waals surface area contributed by atoms with Gasteiger partial charge in [-0.2, -0.15) is 5.10 Å². The van der Waals surface area contributed by atoms with Crippen molar-refractivity contribution in [3.05, 3.63) is 51.0 Å². The standard InChI is InChI=1S/C13H14BrClFN3/c1-3-17-12(13-9(14)7-18-19(13)2)8-4-5-11(16)10(15)6-8/h4-7,12,17H,3H2,1-2H3. The number of nitrogens with zero attached hydrogens (tertiary/aromatic N) is 2. The molecule has 19 heavy (non-hydrogen) atoms. The van der Waals surface area contributed by atoms with Gasteiger partial charge in [-0.15, -0.1) is 0 Å². The van der Waals surface area contributed by atoms with Crippen LogP contribution in [0.5, 0.6) is 0 Å². The first-order chi connectivity index (χ1) is 9.04. The lowest BCUT2D eigenvalue weighted by Gasteiger charge is -2.19. The molecule has 3 nitrogen and oxygen atoms in total. The topological polar surface area (TPSA) is 29.9 Å². The van der Waals surface area contributed by atoms with Crippen molar-refractivity contribution in [1.29, 1.82) is 0 Å². The van der Waals surface area contributed by atoms with Crippen LogP contribution in [0.2, 0.25) is 5.02 Å². The molecular formula is C13H14BrClFN3. The van der Waals surface area contributed by atoms with Crippen molar-refractivity contribution in [3.8, 4) is 0 Å². The Balaban J connectivity index is 2.48. The zero-order valence-corrected chi connectivity index (χ0v) is 13.0. The molecule has 1 aromatic heterocycles. The summed E-state index contributed by atoms with van der Waals surface area (Å²) >= 11 is 9.35. The Hall–Kier alpha value is -0.910. The van der Waals surface area contributed by atoms with Gasteiger partial charge in [0.05, 0.1) is 27.4 Å². The number of hydrogen-bond donors (Lipinski definition) is 1. The molecule has 1 N–H and O–H groups in total. The van der Waals surface area contributed by atoms with Gasteiger partial charge >= 0.3 is 0 Å². The van der Waals surface area contributed by atoms with Gasteiger partial charge in [0.1, 0.15) is 5.82 Å². The highest BCUT2D eigenvalue weighted by atomic mass is 79.9. The van der Waals surface area contributed by atoms with Gasteiger partial charge in [-0.1, -0.05) is 24.6 Å². The largest absolute Gasteiger partial charge is 0.305 e. The highest BCUT2D eigenvalue weighted by Gasteiger charge is 2.20. The second kappa shape index (κ2) is 6.03. The summed E-state index contributed by atoms with van der Waals surface area (Å²) in [6, 6.07) is 4.66. The minimum absolute atomic E-state index is 0.0926. The van der Waals surface area contributed by atoms with Gasteiger partial charge in [0.25, 0.3) is 0 Å². The number of benzene rings is 1. The lowest BCUT2D eigenvalue weighted by Crippen LogP contribution is -2.24. The lowest BCUT2D eigenvalue weighted by atomic mass is 10.0. The number of rotatable bonds is 4. The fraction of sp³-hybridized carbons (Fsp3) is 0.308. The number of nitrogens with one attached hydrogen (secondary N) is 1. The van der Waals surface area contributed by atoms with Crippen molar-refractivity contribution in [1.82, 2.24) is 15.1 Å². The number of aromatic nitrogens is 2. The summed E-state index contributed by atoms with van der Waals surface area (Å²) in [6.45, 7) is 2.79. The van der Waals surface area contributed by atoms with Crippen LogP contribution < -0.4 is 5.32 Å². The summed E-state index contributed by atoms with van der Waals surface area (Å²) in [5, 5.41) is 7.69. The molecule has 0 aliphatic carbocycles. The van der Waals surface area contributed by atoms with E-state index in [1.54, 1.807) is 23.0 Å². The molecule has 0 fully saturated rings. The van der Waals surface area contributed by atoms with Crippen LogP contribution in [0.4, 0.5) is 4.39 Å². The molecule has 0 spiro atoms. The summed E-state index contributed by atoms with van der Waals surface area (Å²) in [7, 11) is 1.87. The first-order valence-electron chi connectivity index (χ1n) is 5.90. The molecule has 0 radical (unpaired) electrons. The molecule has 0 saturated carbocycles. The molecule has 0 aliphatic rings. The van der Waals surface area contributed by atoms with E-state index < -0.39 is 5.82 Å². The second-order valence-electron chi connectivity index (χ2n) is 4.17. The molecular weight excluding hydrogens is 333 g/mol. The molecule has 1 aromatic carbocycles. The zero-order valence-electron chi connectivity index (χ0n) is 10.6. The smallest absolute Gasteiger partial charge is 0.141 e. The zero-order chi connectivity index (χ0) is 14.0. The van der Waals surface area contributed by atoms with Gasteiger partial charge in [-0.3, -0.25) is 4.68 Å². The van der Waals surface area contributed by atoms with E-state index in [4.69, 9.17) is 11.6 Å². The van der Waals surface area contributed by atoms with Gasteiger partial charge < -0.3 is 5.32 Å². The monoisotopic (exact) mass is 345 g/mol. The van der Waals surface area contributed by atoms with Crippen molar-refractivity contribution >= 4 is 27.5 Å². The molecule has 1 atom stereocenters. The van der Waals surface area contributed by atoms with Crippen molar-refractivity contribution in [2.45, 2.75) is 13.0 Å². The average molecular weight is 347 g/mol. The second-order valence-corrected chi connectivity index (χ2v) is 5.43. The van der Waals surface area contributed by atoms with Crippen LogP contribution in [0.1, 0.15) is 24.2 Å². The van der Waals surface area contributed by atoms with Crippen LogP contribution in [0, 0.1) is 5.82 Å². The Morgan fingerprint density at radius 2 is 2.26 bits per heavy atom. The molecule has 1 unspecified atom stereocenters. The van der Waals surface area contributed by atoms with E-state index in [0.717, 1.165) is 22.3 Å². The predicted molar refractivity (Wildman–Crippen MR) is 77.8 cm³/mol. The van der Waals surface area contributed by atoms with Gasteiger partial charge in [0.15, 0.2) is 0 Å². The van der Waals surface area contributed by atoms with Crippen LogP contribution in [0.25, 0.3) is 0 Å². The van der Waals surface area contributed by atoms with Crippen molar-refractivity contribution in [2.75, 3.05) is 6.54 Å². The van der Waals surface area contributed by atoms with E-state index in [1.165, 1.54) is 6.07 Å². The summed E-state index contributed by atoms with van der Waals surface area (Å²) in [5.41, 5.74) is 1.88. The normalized spacial score (nSPS) is 12.7. The van der Waals surface area contributed by atoms with E-state index in [1.807, 2.05) is 14.0 Å². The third-order valence-corrected chi connectivity index (χ3v) is 3.80. The van der Waals surface area contributed by atoms with E-state index in [9.17, 15) is 4.39 Å². The van der Waals surface area contributed by atoms with E-state index >= 15 is 0 Å². The Bertz CT molecular complexity index is 566.